The van der Waals surface area contributed by atoms with Gasteiger partial charge in [-0.3, -0.25) is 4.79 Å². The van der Waals surface area contributed by atoms with Gasteiger partial charge in [-0.05, 0) is 42.7 Å². The van der Waals surface area contributed by atoms with Crippen LogP contribution < -0.4 is 0 Å². The van der Waals surface area contributed by atoms with E-state index in [4.69, 9.17) is 4.74 Å². The quantitative estimate of drug-likeness (QED) is 0.718. The van der Waals surface area contributed by atoms with Gasteiger partial charge in [-0.1, -0.05) is 31.2 Å². The molecule has 2 rings (SSSR count). The molecule has 0 spiro atoms. The van der Waals surface area contributed by atoms with E-state index in [0.29, 0.717) is 18.9 Å². The lowest BCUT2D eigenvalue weighted by atomic mass is 9.80. The number of Topliss-reactive ketones (excluding diaryl/α,β-unsaturated/α-hetero) is 1. The number of hydrogen-bond donors (Lipinski definition) is 0. The number of carbonyl (C=O) groups excluding carboxylic acids is 1. The van der Waals surface area contributed by atoms with E-state index >= 15 is 0 Å². The molecule has 2 nitrogen and oxygen atoms in total. The molecule has 1 atom stereocenters. The molecule has 0 amide bonds. The van der Waals surface area contributed by atoms with Crippen molar-refractivity contribution in [1.29, 1.82) is 0 Å². The minimum atomic E-state index is 0.241. The van der Waals surface area contributed by atoms with Crippen LogP contribution in [0.5, 0.6) is 0 Å². The van der Waals surface area contributed by atoms with Crippen LogP contribution in [0.2, 0.25) is 0 Å². The lowest BCUT2D eigenvalue weighted by Gasteiger charge is -2.24. The summed E-state index contributed by atoms with van der Waals surface area (Å²) in [4.78, 5) is 11.9. The van der Waals surface area contributed by atoms with Gasteiger partial charge in [0, 0.05) is 13.0 Å². The summed E-state index contributed by atoms with van der Waals surface area (Å²) in [5, 5.41) is 0. The van der Waals surface area contributed by atoms with Crippen LogP contribution >= 0.6 is 0 Å². The monoisotopic (exact) mass is 246 g/mol. The minimum Gasteiger partial charge on any atom is -0.374 e. The molecule has 0 saturated heterocycles. The van der Waals surface area contributed by atoms with E-state index in [1.54, 1.807) is 0 Å². The highest BCUT2D eigenvalue weighted by molar-refractivity contribution is 5.80. The molecule has 0 heterocycles. The van der Waals surface area contributed by atoms with E-state index in [1.165, 1.54) is 17.5 Å². The number of carbonyl (C=O) groups is 1. The number of ether oxygens (including phenoxy) is 1. The van der Waals surface area contributed by atoms with Gasteiger partial charge in [-0.25, -0.2) is 0 Å². The molecular formula is C16H22O2. The summed E-state index contributed by atoms with van der Waals surface area (Å²) >= 11 is 0. The third kappa shape index (κ3) is 3.42. The first-order chi connectivity index (χ1) is 8.81. The summed E-state index contributed by atoms with van der Waals surface area (Å²) in [6, 6.07) is 8.54. The molecule has 18 heavy (non-hydrogen) atoms. The van der Waals surface area contributed by atoms with Crippen molar-refractivity contribution in [3.8, 4) is 0 Å². The molecule has 0 aromatic heterocycles. The number of hydrogen-bond acceptors (Lipinski definition) is 2. The van der Waals surface area contributed by atoms with Crippen molar-refractivity contribution in [2.75, 3.05) is 13.2 Å². The van der Waals surface area contributed by atoms with Gasteiger partial charge >= 0.3 is 0 Å². The molecule has 0 bridgehead atoms. The maximum absolute atomic E-state index is 11.9. The number of fused-ring (bicyclic) bond motifs is 1. The molecule has 1 aliphatic rings. The predicted molar refractivity (Wildman–Crippen MR) is 72.9 cm³/mol. The maximum Gasteiger partial charge on any atom is 0.159 e. The van der Waals surface area contributed by atoms with Crippen LogP contribution in [-0.4, -0.2) is 19.0 Å². The highest BCUT2D eigenvalue weighted by Gasteiger charge is 2.21. The van der Waals surface area contributed by atoms with Crippen molar-refractivity contribution in [2.45, 2.75) is 44.9 Å². The second-order valence-electron chi connectivity index (χ2n) is 5.08. The number of benzene rings is 1. The van der Waals surface area contributed by atoms with Gasteiger partial charge in [0.2, 0.25) is 0 Å². The molecule has 1 aromatic carbocycles. The van der Waals surface area contributed by atoms with Crippen molar-refractivity contribution in [3.63, 3.8) is 0 Å². The average molecular weight is 246 g/mol. The standard InChI is InChI=1S/C16H22O2/c1-2-10-18-12-15(17)11-14-8-5-7-13-6-3-4-9-16(13)14/h3-4,6,9,14H,2,5,7-8,10-12H2,1H3. The third-order valence-electron chi connectivity index (χ3n) is 3.58. The van der Waals surface area contributed by atoms with Crippen molar-refractivity contribution >= 4 is 5.78 Å². The zero-order chi connectivity index (χ0) is 12.8. The molecule has 1 aromatic rings. The van der Waals surface area contributed by atoms with Crippen LogP contribution in [-0.2, 0) is 16.0 Å². The van der Waals surface area contributed by atoms with Crippen molar-refractivity contribution in [1.82, 2.24) is 0 Å². The Morgan fingerprint density at radius 3 is 3.06 bits per heavy atom. The smallest absolute Gasteiger partial charge is 0.159 e. The van der Waals surface area contributed by atoms with Gasteiger partial charge in [0.05, 0.1) is 0 Å². The van der Waals surface area contributed by atoms with E-state index in [1.807, 2.05) is 0 Å². The Kier molecular flexibility index (Phi) is 4.94. The van der Waals surface area contributed by atoms with Crippen molar-refractivity contribution < 1.29 is 9.53 Å². The number of ketones is 1. The highest BCUT2D eigenvalue weighted by Crippen LogP contribution is 2.33. The van der Waals surface area contributed by atoms with E-state index < -0.39 is 0 Å². The van der Waals surface area contributed by atoms with Crippen LogP contribution in [0, 0.1) is 0 Å². The Labute approximate surface area is 109 Å². The van der Waals surface area contributed by atoms with Gasteiger partial charge < -0.3 is 4.74 Å². The van der Waals surface area contributed by atoms with Gasteiger partial charge in [0.1, 0.15) is 6.61 Å². The Hall–Kier alpha value is -1.15. The van der Waals surface area contributed by atoms with E-state index in [-0.39, 0.29) is 12.4 Å². The molecule has 0 radical (unpaired) electrons. The van der Waals surface area contributed by atoms with E-state index in [0.717, 1.165) is 19.3 Å². The fourth-order valence-electron chi connectivity index (χ4n) is 2.73. The van der Waals surface area contributed by atoms with Gasteiger partial charge in [-0.2, -0.15) is 0 Å². The van der Waals surface area contributed by atoms with Crippen LogP contribution in [0.1, 0.15) is 49.7 Å². The SMILES string of the molecule is CCCOCC(=O)CC1CCCc2ccccc21. The molecular weight excluding hydrogens is 224 g/mol. The number of rotatable bonds is 6. The Morgan fingerprint density at radius 2 is 2.22 bits per heavy atom. The van der Waals surface area contributed by atoms with Crippen molar-refractivity contribution in [2.24, 2.45) is 0 Å². The second-order valence-corrected chi connectivity index (χ2v) is 5.08. The summed E-state index contributed by atoms with van der Waals surface area (Å²) in [5.74, 6) is 0.651. The summed E-state index contributed by atoms with van der Waals surface area (Å²) in [7, 11) is 0. The largest absolute Gasteiger partial charge is 0.374 e. The van der Waals surface area contributed by atoms with E-state index in [9.17, 15) is 4.79 Å². The second kappa shape index (κ2) is 6.69. The molecule has 0 saturated carbocycles. The molecule has 1 aliphatic carbocycles. The lowest BCUT2D eigenvalue weighted by molar-refractivity contribution is -0.124. The zero-order valence-electron chi connectivity index (χ0n) is 11.2. The Morgan fingerprint density at radius 1 is 1.39 bits per heavy atom. The van der Waals surface area contributed by atoms with Gasteiger partial charge in [0.25, 0.3) is 0 Å². The highest BCUT2D eigenvalue weighted by atomic mass is 16.5. The molecule has 0 N–H and O–H groups in total. The summed E-state index contributed by atoms with van der Waals surface area (Å²) in [5.41, 5.74) is 2.81. The van der Waals surface area contributed by atoms with E-state index in [2.05, 4.69) is 31.2 Å². The first-order valence-electron chi connectivity index (χ1n) is 6.98. The molecule has 0 aliphatic heterocycles. The normalized spacial score (nSPS) is 18.4. The first-order valence-corrected chi connectivity index (χ1v) is 6.98. The fourth-order valence-corrected chi connectivity index (χ4v) is 2.73. The van der Waals surface area contributed by atoms with Crippen molar-refractivity contribution in [3.05, 3.63) is 35.4 Å². The Bertz CT molecular complexity index is 398. The fraction of sp³-hybridized carbons (Fsp3) is 0.562. The number of aryl methyl sites for hydroxylation is 1. The van der Waals surface area contributed by atoms with Crippen LogP contribution in [0.15, 0.2) is 24.3 Å². The molecule has 1 unspecified atom stereocenters. The molecule has 2 heteroatoms. The first kappa shape index (κ1) is 13.3. The third-order valence-corrected chi connectivity index (χ3v) is 3.58. The van der Waals surface area contributed by atoms with Gasteiger partial charge in [0.15, 0.2) is 5.78 Å². The van der Waals surface area contributed by atoms with Gasteiger partial charge in [-0.15, -0.1) is 0 Å². The van der Waals surface area contributed by atoms with Crippen LogP contribution in [0.3, 0.4) is 0 Å². The lowest BCUT2D eigenvalue weighted by Crippen LogP contribution is -2.17. The zero-order valence-corrected chi connectivity index (χ0v) is 11.2. The predicted octanol–water partition coefficient (Wildman–Crippen LogP) is 3.49. The molecule has 98 valence electrons. The average Bonchev–Trinajstić information content (AvgIpc) is 2.39. The topological polar surface area (TPSA) is 26.3 Å². The summed E-state index contributed by atoms with van der Waals surface area (Å²) < 4.78 is 5.32. The minimum absolute atomic E-state index is 0.241. The Balaban J connectivity index is 1.92. The summed E-state index contributed by atoms with van der Waals surface area (Å²) in [6.07, 6.45) is 5.11. The van der Waals surface area contributed by atoms with Crippen LogP contribution in [0.4, 0.5) is 0 Å². The summed E-state index contributed by atoms with van der Waals surface area (Å²) in [6.45, 7) is 3.03. The van der Waals surface area contributed by atoms with Crippen LogP contribution in [0.25, 0.3) is 0 Å². The molecule has 0 fully saturated rings. The maximum atomic E-state index is 11.9.